The number of hydrogen-bond acceptors (Lipinski definition) is 2. The molecule has 0 bridgehead atoms. The Morgan fingerprint density at radius 2 is 2.19 bits per heavy atom. The molecule has 1 aromatic carbocycles. The molecular formula is C11H7F3NO. The highest BCUT2D eigenvalue weighted by molar-refractivity contribution is 5.78. The average molecular weight is 226 g/mol. The van der Waals surface area contributed by atoms with Gasteiger partial charge >= 0.3 is 6.18 Å². The first-order valence-electron chi connectivity index (χ1n) is 4.51. The Kier molecular flexibility index (Phi) is 2.68. The van der Waals surface area contributed by atoms with E-state index in [0.29, 0.717) is 10.9 Å². The Labute approximate surface area is 89.7 Å². The molecule has 1 aromatic heterocycles. The highest BCUT2D eigenvalue weighted by Crippen LogP contribution is 2.20. The summed E-state index contributed by atoms with van der Waals surface area (Å²) in [5.41, 5.74) is 0.599. The summed E-state index contributed by atoms with van der Waals surface area (Å²) in [6.45, 7) is -1.31. The lowest BCUT2D eigenvalue weighted by molar-refractivity contribution is -0.153. The van der Waals surface area contributed by atoms with E-state index in [9.17, 15) is 13.2 Å². The number of ether oxygens (including phenoxy) is 1. The number of aromatic nitrogens is 1. The number of halogens is 3. The number of benzene rings is 1. The first-order chi connectivity index (χ1) is 7.54. The average Bonchev–Trinajstić information content (AvgIpc) is 2.25. The molecule has 0 amide bonds. The lowest BCUT2D eigenvalue weighted by Crippen LogP contribution is -2.19. The van der Waals surface area contributed by atoms with Crippen LogP contribution >= 0.6 is 0 Å². The van der Waals surface area contributed by atoms with Crippen LogP contribution in [0.4, 0.5) is 13.2 Å². The number of alkyl halides is 3. The fourth-order valence-electron chi connectivity index (χ4n) is 1.23. The summed E-state index contributed by atoms with van der Waals surface area (Å²) >= 11 is 0. The van der Waals surface area contributed by atoms with Gasteiger partial charge in [-0.05, 0) is 6.07 Å². The maximum atomic E-state index is 11.9. The van der Waals surface area contributed by atoms with Crippen molar-refractivity contribution < 1.29 is 17.9 Å². The van der Waals surface area contributed by atoms with Crippen LogP contribution in [-0.4, -0.2) is 17.8 Å². The first kappa shape index (κ1) is 10.7. The van der Waals surface area contributed by atoms with Crippen molar-refractivity contribution in [1.82, 2.24) is 4.98 Å². The van der Waals surface area contributed by atoms with E-state index in [4.69, 9.17) is 0 Å². The SMILES string of the molecule is FC(F)(F)COc1cnc2[c]cccc2c1. The van der Waals surface area contributed by atoms with Crippen LogP contribution in [0.15, 0.2) is 30.5 Å². The molecule has 0 unspecified atom stereocenters. The van der Waals surface area contributed by atoms with Gasteiger partial charge in [-0.15, -0.1) is 0 Å². The van der Waals surface area contributed by atoms with Crippen LogP contribution in [0.1, 0.15) is 0 Å². The van der Waals surface area contributed by atoms with Crippen molar-refractivity contribution in [3.63, 3.8) is 0 Å². The van der Waals surface area contributed by atoms with Crippen LogP contribution in [0.5, 0.6) is 5.75 Å². The highest BCUT2D eigenvalue weighted by atomic mass is 19.4. The van der Waals surface area contributed by atoms with E-state index >= 15 is 0 Å². The van der Waals surface area contributed by atoms with Crippen LogP contribution in [0.2, 0.25) is 0 Å². The standard InChI is InChI=1S/C11H7F3NO/c12-11(13,14)7-16-9-5-8-3-1-2-4-10(8)15-6-9/h1-3,5-6H,7H2. The number of pyridine rings is 1. The quantitative estimate of drug-likeness (QED) is 0.785. The fourth-order valence-corrected chi connectivity index (χ4v) is 1.23. The van der Waals surface area contributed by atoms with Gasteiger partial charge in [-0.3, -0.25) is 4.98 Å². The fraction of sp³-hybridized carbons (Fsp3) is 0.182. The molecule has 5 heteroatoms. The van der Waals surface area contributed by atoms with Gasteiger partial charge in [0, 0.05) is 11.5 Å². The van der Waals surface area contributed by atoms with Crippen LogP contribution in [0.3, 0.4) is 0 Å². The van der Waals surface area contributed by atoms with E-state index in [-0.39, 0.29) is 5.75 Å². The molecule has 2 nitrogen and oxygen atoms in total. The molecule has 0 saturated carbocycles. The van der Waals surface area contributed by atoms with E-state index in [1.165, 1.54) is 12.3 Å². The van der Waals surface area contributed by atoms with Crippen LogP contribution in [0.25, 0.3) is 10.9 Å². The van der Waals surface area contributed by atoms with E-state index in [2.05, 4.69) is 15.8 Å². The van der Waals surface area contributed by atoms with Gasteiger partial charge < -0.3 is 4.74 Å². The topological polar surface area (TPSA) is 22.1 Å². The third kappa shape index (κ3) is 2.62. The summed E-state index contributed by atoms with van der Waals surface area (Å²) in [7, 11) is 0. The van der Waals surface area contributed by atoms with Gasteiger partial charge in [0.25, 0.3) is 0 Å². The molecule has 1 radical (unpaired) electrons. The Hall–Kier alpha value is -1.78. The van der Waals surface area contributed by atoms with E-state index < -0.39 is 12.8 Å². The van der Waals surface area contributed by atoms with Gasteiger partial charge in [0.15, 0.2) is 6.61 Å². The molecule has 0 N–H and O–H groups in total. The number of rotatable bonds is 2. The Morgan fingerprint density at radius 3 is 2.94 bits per heavy atom. The monoisotopic (exact) mass is 226 g/mol. The van der Waals surface area contributed by atoms with Gasteiger partial charge in [-0.2, -0.15) is 13.2 Å². The molecule has 83 valence electrons. The Balaban J connectivity index is 2.20. The lowest BCUT2D eigenvalue weighted by Gasteiger charge is -2.08. The van der Waals surface area contributed by atoms with Gasteiger partial charge in [0.1, 0.15) is 5.75 Å². The zero-order valence-electron chi connectivity index (χ0n) is 8.08. The maximum absolute atomic E-state index is 11.9. The van der Waals surface area contributed by atoms with Crippen molar-refractivity contribution in [1.29, 1.82) is 0 Å². The summed E-state index contributed by atoms with van der Waals surface area (Å²) in [4.78, 5) is 3.93. The molecule has 0 atom stereocenters. The molecule has 1 heterocycles. The molecule has 0 aliphatic rings. The second kappa shape index (κ2) is 4.00. The van der Waals surface area contributed by atoms with E-state index in [0.717, 1.165) is 0 Å². The summed E-state index contributed by atoms with van der Waals surface area (Å²) < 4.78 is 40.3. The Morgan fingerprint density at radius 1 is 1.38 bits per heavy atom. The molecule has 0 fully saturated rings. The third-order valence-corrected chi connectivity index (χ3v) is 1.89. The largest absolute Gasteiger partial charge is 0.482 e. The van der Waals surface area contributed by atoms with Gasteiger partial charge in [-0.25, -0.2) is 0 Å². The van der Waals surface area contributed by atoms with Crippen molar-refractivity contribution in [3.05, 3.63) is 36.5 Å². The Bertz CT molecular complexity index is 496. The summed E-state index contributed by atoms with van der Waals surface area (Å²) in [6.07, 6.45) is -3.08. The van der Waals surface area contributed by atoms with Crippen LogP contribution in [-0.2, 0) is 0 Å². The van der Waals surface area contributed by atoms with Gasteiger partial charge in [-0.1, -0.05) is 18.2 Å². The zero-order chi connectivity index (χ0) is 11.6. The number of para-hydroxylation sites is 1. The van der Waals surface area contributed by atoms with Crippen LogP contribution < -0.4 is 4.74 Å². The van der Waals surface area contributed by atoms with Crippen molar-refractivity contribution in [3.8, 4) is 5.75 Å². The maximum Gasteiger partial charge on any atom is 0.422 e. The lowest BCUT2D eigenvalue weighted by atomic mass is 10.2. The molecule has 0 aliphatic carbocycles. The zero-order valence-corrected chi connectivity index (χ0v) is 8.08. The van der Waals surface area contributed by atoms with Crippen LogP contribution in [0, 0.1) is 6.07 Å². The molecule has 0 spiro atoms. The second-order valence-corrected chi connectivity index (χ2v) is 3.18. The highest BCUT2D eigenvalue weighted by Gasteiger charge is 2.28. The second-order valence-electron chi connectivity index (χ2n) is 3.18. The summed E-state index contributed by atoms with van der Waals surface area (Å²) in [5.74, 6) is 0.101. The first-order valence-corrected chi connectivity index (χ1v) is 4.51. The molecular weight excluding hydrogens is 219 g/mol. The third-order valence-electron chi connectivity index (χ3n) is 1.89. The van der Waals surface area contributed by atoms with Gasteiger partial charge in [0.2, 0.25) is 0 Å². The van der Waals surface area contributed by atoms with Crippen molar-refractivity contribution in [2.45, 2.75) is 6.18 Å². The predicted octanol–water partition coefficient (Wildman–Crippen LogP) is 2.98. The number of fused-ring (bicyclic) bond motifs is 1. The molecule has 2 rings (SSSR count). The smallest absolute Gasteiger partial charge is 0.422 e. The number of hydrogen-bond donors (Lipinski definition) is 0. The summed E-state index contributed by atoms with van der Waals surface area (Å²) in [6, 6.07) is 9.52. The minimum atomic E-state index is -4.34. The molecule has 0 saturated heterocycles. The predicted molar refractivity (Wildman–Crippen MR) is 52.1 cm³/mol. The minimum absolute atomic E-state index is 0.101. The molecule has 16 heavy (non-hydrogen) atoms. The van der Waals surface area contributed by atoms with Gasteiger partial charge in [0.05, 0.1) is 11.7 Å². The minimum Gasteiger partial charge on any atom is -0.482 e. The normalized spacial score (nSPS) is 11.7. The van der Waals surface area contributed by atoms with Crippen molar-refractivity contribution >= 4 is 10.9 Å². The van der Waals surface area contributed by atoms with Crippen molar-refractivity contribution in [2.75, 3.05) is 6.61 Å². The molecule has 0 aliphatic heterocycles. The number of nitrogens with zero attached hydrogens (tertiary/aromatic N) is 1. The van der Waals surface area contributed by atoms with E-state index in [1.54, 1.807) is 18.2 Å². The summed E-state index contributed by atoms with van der Waals surface area (Å²) in [5, 5.41) is 0.696. The molecule has 2 aromatic rings. The van der Waals surface area contributed by atoms with Crippen molar-refractivity contribution in [2.24, 2.45) is 0 Å². The van der Waals surface area contributed by atoms with E-state index in [1.807, 2.05) is 0 Å².